The molecule has 0 radical (unpaired) electrons. The van der Waals surface area contributed by atoms with E-state index in [9.17, 15) is 32.1 Å². The van der Waals surface area contributed by atoms with E-state index < -0.39 is 41.3 Å². The average molecular weight is 486 g/mol. The van der Waals surface area contributed by atoms with Crippen LogP contribution in [0.3, 0.4) is 0 Å². The number of sulfonamides is 2. The Morgan fingerprint density at radius 2 is 1.78 bits per heavy atom. The summed E-state index contributed by atoms with van der Waals surface area (Å²) in [5.74, 6) is -0.578. The van der Waals surface area contributed by atoms with Crippen LogP contribution in [0.4, 0.5) is 11.4 Å². The van der Waals surface area contributed by atoms with Crippen LogP contribution in [0.1, 0.15) is 26.2 Å². The molecule has 0 unspecified atom stereocenters. The molecule has 0 aromatic heterocycles. The Bertz CT molecular complexity index is 1220. The number of nitrogens with one attached hydrogen (secondary N) is 1. The molecule has 3 rings (SSSR count). The predicted molar refractivity (Wildman–Crippen MR) is 116 cm³/mol. The van der Waals surface area contributed by atoms with Crippen molar-refractivity contribution in [3.8, 4) is 11.5 Å². The van der Waals surface area contributed by atoms with E-state index in [0.29, 0.717) is 13.1 Å². The first-order valence-electron chi connectivity index (χ1n) is 9.83. The lowest BCUT2D eigenvalue weighted by atomic mass is 10.2. The summed E-state index contributed by atoms with van der Waals surface area (Å²) in [5, 5.41) is 20.6. The van der Waals surface area contributed by atoms with Crippen molar-refractivity contribution in [1.82, 2.24) is 4.31 Å². The van der Waals surface area contributed by atoms with E-state index >= 15 is 0 Å². The minimum atomic E-state index is -4.31. The van der Waals surface area contributed by atoms with Gasteiger partial charge in [0.2, 0.25) is 10.0 Å². The molecule has 174 valence electrons. The molecule has 32 heavy (non-hydrogen) atoms. The van der Waals surface area contributed by atoms with Crippen LogP contribution in [0.25, 0.3) is 0 Å². The van der Waals surface area contributed by atoms with Gasteiger partial charge in [-0.1, -0.05) is 6.42 Å². The van der Waals surface area contributed by atoms with Gasteiger partial charge in [-0.2, -0.15) is 4.31 Å². The number of phenols is 1. The van der Waals surface area contributed by atoms with Crippen LogP contribution in [-0.2, 0) is 20.0 Å². The summed E-state index contributed by atoms with van der Waals surface area (Å²) in [6.07, 6.45) is 2.40. The predicted octanol–water partition coefficient (Wildman–Crippen LogP) is 2.67. The first-order valence-corrected chi connectivity index (χ1v) is 12.8. The molecule has 1 heterocycles. The van der Waals surface area contributed by atoms with Crippen LogP contribution >= 0.6 is 0 Å². The van der Waals surface area contributed by atoms with Gasteiger partial charge in [-0.3, -0.25) is 14.8 Å². The molecular weight excluding hydrogens is 462 g/mol. The fraction of sp³-hybridized carbons (Fsp3) is 0.368. The van der Waals surface area contributed by atoms with E-state index in [0.717, 1.165) is 37.5 Å². The average Bonchev–Trinajstić information content (AvgIpc) is 2.75. The maximum atomic E-state index is 13.2. The third kappa shape index (κ3) is 4.95. The van der Waals surface area contributed by atoms with E-state index in [1.165, 1.54) is 22.5 Å². The van der Waals surface area contributed by atoms with Gasteiger partial charge in [0.25, 0.3) is 10.0 Å². The van der Waals surface area contributed by atoms with Gasteiger partial charge >= 0.3 is 5.69 Å². The van der Waals surface area contributed by atoms with Crippen LogP contribution in [0.15, 0.2) is 46.2 Å². The molecule has 2 aromatic rings. The Morgan fingerprint density at radius 1 is 1.09 bits per heavy atom. The number of hydrogen-bond donors (Lipinski definition) is 2. The van der Waals surface area contributed by atoms with Crippen molar-refractivity contribution in [1.29, 1.82) is 0 Å². The minimum Gasteiger partial charge on any atom is -0.502 e. The zero-order valence-electron chi connectivity index (χ0n) is 17.2. The van der Waals surface area contributed by atoms with Gasteiger partial charge in [-0.25, -0.2) is 16.8 Å². The highest BCUT2D eigenvalue weighted by Crippen LogP contribution is 2.33. The quantitative estimate of drug-likeness (QED) is 0.427. The molecule has 0 atom stereocenters. The number of benzene rings is 2. The molecule has 0 amide bonds. The van der Waals surface area contributed by atoms with Gasteiger partial charge in [0, 0.05) is 19.2 Å². The molecule has 1 aliphatic rings. The number of piperidine rings is 1. The molecule has 0 saturated carbocycles. The lowest BCUT2D eigenvalue weighted by molar-refractivity contribution is -0.386. The summed E-state index contributed by atoms with van der Waals surface area (Å²) in [5.41, 5.74) is -0.826. The zero-order valence-corrected chi connectivity index (χ0v) is 18.9. The maximum absolute atomic E-state index is 13.2. The minimum absolute atomic E-state index is 0.0558. The van der Waals surface area contributed by atoms with Crippen molar-refractivity contribution in [3.05, 3.63) is 46.5 Å². The first-order chi connectivity index (χ1) is 15.1. The van der Waals surface area contributed by atoms with E-state index in [1.807, 2.05) is 0 Å². The van der Waals surface area contributed by atoms with Crippen LogP contribution in [-0.4, -0.2) is 50.9 Å². The number of hydrogen-bond acceptors (Lipinski definition) is 8. The Labute approximate surface area is 185 Å². The zero-order chi connectivity index (χ0) is 23.5. The molecule has 0 bridgehead atoms. The number of nitro benzene ring substituents is 1. The Kier molecular flexibility index (Phi) is 6.91. The summed E-state index contributed by atoms with van der Waals surface area (Å²) in [4.78, 5) is 9.47. The van der Waals surface area contributed by atoms with Crippen molar-refractivity contribution in [2.45, 2.75) is 36.0 Å². The number of nitro groups is 1. The lowest BCUT2D eigenvalue weighted by Crippen LogP contribution is -2.35. The topological polar surface area (TPSA) is 156 Å². The number of anilines is 1. The van der Waals surface area contributed by atoms with Gasteiger partial charge in [-0.05, 0) is 50.1 Å². The van der Waals surface area contributed by atoms with Crippen LogP contribution in [0.2, 0.25) is 0 Å². The van der Waals surface area contributed by atoms with Crippen molar-refractivity contribution in [2.75, 3.05) is 24.4 Å². The second kappa shape index (κ2) is 9.30. The normalized spacial score (nSPS) is 15.3. The molecule has 2 N–H and O–H groups in total. The standard InChI is InChI=1S/C19H23N3O8S2/c1-2-30-18-9-6-14(12-19(18)32(28,29)21-10-4-3-5-11-21)20-31(26,27)15-7-8-17(23)16(13-15)22(24)25/h6-9,12-13,20,23H,2-5,10-11H2,1H3. The van der Waals surface area contributed by atoms with E-state index in [-0.39, 0.29) is 22.9 Å². The fourth-order valence-corrected chi connectivity index (χ4v) is 6.07. The Hall–Kier alpha value is -2.90. The molecule has 0 spiro atoms. The number of rotatable bonds is 8. The SMILES string of the molecule is CCOc1ccc(NS(=O)(=O)c2ccc(O)c([N+](=O)[O-])c2)cc1S(=O)(=O)N1CCCCC1. The molecular formula is C19H23N3O8S2. The maximum Gasteiger partial charge on any atom is 0.312 e. The van der Waals surface area contributed by atoms with Crippen molar-refractivity contribution >= 4 is 31.4 Å². The number of ether oxygens (including phenoxy) is 1. The van der Waals surface area contributed by atoms with Crippen LogP contribution in [0, 0.1) is 10.1 Å². The molecule has 1 saturated heterocycles. The second-order valence-electron chi connectivity index (χ2n) is 7.07. The highest BCUT2D eigenvalue weighted by molar-refractivity contribution is 7.92. The molecule has 2 aromatic carbocycles. The molecule has 1 aliphatic heterocycles. The van der Waals surface area contributed by atoms with E-state index in [4.69, 9.17) is 4.74 Å². The monoisotopic (exact) mass is 485 g/mol. The smallest absolute Gasteiger partial charge is 0.312 e. The summed E-state index contributed by atoms with van der Waals surface area (Å²) < 4.78 is 60.9. The molecule has 11 nitrogen and oxygen atoms in total. The van der Waals surface area contributed by atoms with Crippen molar-refractivity contribution in [2.24, 2.45) is 0 Å². The van der Waals surface area contributed by atoms with Gasteiger partial charge in [0.1, 0.15) is 10.6 Å². The third-order valence-electron chi connectivity index (χ3n) is 4.88. The lowest BCUT2D eigenvalue weighted by Gasteiger charge is -2.27. The summed E-state index contributed by atoms with van der Waals surface area (Å²) in [6.45, 7) is 2.64. The number of phenolic OH excluding ortho intramolecular Hbond substituents is 1. The Morgan fingerprint density at radius 3 is 2.41 bits per heavy atom. The fourth-order valence-electron chi connectivity index (χ4n) is 3.32. The van der Waals surface area contributed by atoms with Gasteiger partial charge in [-0.15, -0.1) is 0 Å². The van der Waals surface area contributed by atoms with Crippen LogP contribution < -0.4 is 9.46 Å². The van der Waals surface area contributed by atoms with E-state index in [1.54, 1.807) is 6.92 Å². The van der Waals surface area contributed by atoms with E-state index in [2.05, 4.69) is 4.72 Å². The summed E-state index contributed by atoms with van der Waals surface area (Å²) >= 11 is 0. The highest BCUT2D eigenvalue weighted by Gasteiger charge is 2.30. The molecule has 1 fully saturated rings. The highest BCUT2D eigenvalue weighted by atomic mass is 32.2. The largest absolute Gasteiger partial charge is 0.502 e. The number of nitrogens with zero attached hydrogens (tertiary/aromatic N) is 2. The van der Waals surface area contributed by atoms with Crippen LogP contribution in [0.5, 0.6) is 11.5 Å². The Balaban J connectivity index is 1.99. The summed E-state index contributed by atoms with van der Waals surface area (Å²) in [6, 6.07) is 6.49. The van der Waals surface area contributed by atoms with Crippen molar-refractivity contribution < 1.29 is 31.6 Å². The third-order valence-corrected chi connectivity index (χ3v) is 8.18. The van der Waals surface area contributed by atoms with Crippen molar-refractivity contribution in [3.63, 3.8) is 0 Å². The second-order valence-corrected chi connectivity index (χ2v) is 10.7. The molecule has 13 heteroatoms. The summed E-state index contributed by atoms with van der Waals surface area (Å²) in [7, 11) is -8.24. The first kappa shape index (κ1) is 23.8. The number of aromatic hydroxyl groups is 1. The van der Waals surface area contributed by atoms with Gasteiger partial charge in [0.05, 0.1) is 22.1 Å². The van der Waals surface area contributed by atoms with Gasteiger partial charge in [0.15, 0.2) is 5.75 Å². The molecule has 0 aliphatic carbocycles. The van der Waals surface area contributed by atoms with Gasteiger partial charge < -0.3 is 9.84 Å².